The van der Waals surface area contributed by atoms with Crippen molar-refractivity contribution in [1.29, 1.82) is 0 Å². The van der Waals surface area contributed by atoms with Gasteiger partial charge in [0, 0.05) is 44.5 Å². The number of hydrogen-bond donors (Lipinski definition) is 2. The van der Waals surface area contributed by atoms with Crippen LogP contribution in [0.3, 0.4) is 0 Å². The monoisotopic (exact) mass is 341 g/mol. The zero-order valence-corrected chi connectivity index (χ0v) is 15.2. The van der Waals surface area contributed by atoms with Gasteiger partial charge in [-0.25, -0.2) is 4.98 Å². The molecule has 2 aromatic rings. The Morgan fingerprint density at radius 1 is 1.16 bits per heavy atom. The van der Waals surface area contributed by atoms with Gasteiger partial charge in [0.1, 0.15) is 0 Å². The summed E-state index contributed by atoms with van der Waals surface area (Å²) >= 11 is 0. The summed E-state index contributed by atoms with van der Waals surface area (Å²) in [5.74, 6) is 0.705. The Balaban J connectivity index is 1.64. The van der Waals surface area contributed by atoms with Gasteiger partial charge in [-0.2, -0.15) is 0 Å². The number of H-pyrrole nitrogens is 1. The second-order valence-corrected chi connectivity index (χ2v) is 7.07. The lowest BCUT2D eigenvalue weighted by molar-refractivity contribution is 0.148. The quantitative estimate of drug-likeness (QED) is 0.874. The minimum Gasteiger partial charge on any atom is -0.326 e. The summed E-state index contributed by atoms with van der Waals surface area (Å²) in [7, 11) is 2.17. The van der Waals surface area contributed by atoms with Crippen molar-refractivity contribution in [2.75, 3.05) is 38.5 Å². The molecule has 25 heavy (non-hydrogen) atoms. The molecule has 0 spiro atoms. The molecule has 0 saturated carbocycles. The van der Waals surface area contributed by atoms with Gasteiger partial charge in [-0.05, 0) is 30.7 Å². The second-order valence-electron chi connectivity index (χ2n) is 7.07. The molecule has 2 N–H and O–H groups in total. The fraction of sp³-hybridized carbons (Fsp3) is 0.474. The van der Waals surface area contributed by atoms with Crippen molar-refractivity contribution < 1.29 is 0 Å². The van der Waals surface area contributed by atoms with Gasteiger partial charge in [-0.15, -0.1) is 0 Å². The molecule has 0 amide bonds. The first-order valence-electron chi connectivity index (χ1n) is 8.88. The highest BCUT2D eigenvalue weighted by molar-refractivity contribution is 5.53. The zero-order valence-electron chi connectivity index (χ0n) is 15.2. The smallest absolute Gasteiger partial charge is 0.252 e. The SMILES string of the molecule is CC(C)c1cc(=O)[nH]c(Nc2ccc(CN3CCN(C)CC3)cc2)n1. The minimum atomic E-state index is -0.132. The molecule has 134 valence electrons. The van der Waals surface area contributed by atoms with Crippen LogP contribution in [0, 0.1) is 0 Å². The molecule has 0 unspecified atom stereocenters. The third-order valence-electron chi connectivity index (χ3n) is 4.57. The van der Waals surface area contributed by atoms with Crippen molar-refractivity contribution >= 4 is 11.6 Å². The lowest BCUT2D eigenvalue weighted by Crippen LogP contribution is -2.43. The molecule has 0 bridgehead atoms. The summed E-state index contributed by atoms with van der Waals surface area (Å²) in [5.41, 5.74) is 2.88. The van der Waals surface area contributed by atoms with Gasteiger partial charge in [0.05, 0.1) is 5.69 Å². The fourth-order valence-electron chi connectivity index (χ4n) is 2.93. The number of hydrogen-bond acceptors (Lipinski definition) is 5. The number of rotatable bonds is 5. The molecule has 0 radical (unpaired) electrons. The first-order chi connectivity index (χ1) is 12.0. The Labute approximate surface area is 148 Å². The number of piperazine rings is 1. The van der Waals surface area contributed by atoms with Gasteiger partial charge in [0.25, 0.3) is 5.56 Å². The van der Waals surface area contributed by atoms with Crippen LogP contribution in [-0.4, -0.2) is 53.0 Å². The summed E-state index contributed by atoms with van der Waals surface area (Å²) in [6.45, 7) is 9.52. The van der Waals surface area contributed by atoms with Crippen LogP contribution in [0.25, 0.3) is 0 Å². The van der Waals surface area contributed by atoms with Gasteiger partial charge in [0.2, 0.25) is 5.95 Å². The summed E-state index contributed by atoms with van der Waals surface area (Å²) < 4.78 is 0. The van der Waals surface area contributed by atoms with E-state index in [2.05, 4.69) is 44.3 Å². The topological polar surface area (TPSA) is 64.3 Å². The van der Waals surface area contributed by atoms with Gasteiger partial charge in [-0.3, -0.25) is 14.7 Å². The van der Waals surface area contributed by atoms with Gasteiger partial charge in [0.15, 0.2) is 0 Å². The number of nitrogens with zero attached hydrogens (tertiary/aromatic N) is 3. The molecule has 1 aromatic carbocycles. The minimum absolute atomic E-state index is 0.132. The first kappa shape index (κ1) is 17.6. The van der Waals surface area contributed by atoms with E-state index in [1.54, 1.807) is 6.07 Å². The molecule has 0 atom stereocenters. The average Bonchev–Trinajstić information content (AvgIpc) is 2.58. The van der Waals surface area contributed by atoms with Gasteiger partial charge in [-0.1, -0.05) is 26.0 Å². The highest BCUT2D eigenvalue weighted by Crippen LogP contribution is 2.17. The van der Waals surface area contributed by atoms with Gasteiger partial charge >= 0.3 is 0 Å². The van der Waals surface area contributed by atoms with Crippen molar-refractivity contribution in [3.63, 3.8) is 0 Å². The molecule has 0 aliphatic carbocycles. The van der Waals surface area contributed by atoms with Crippen LogP contribution in [0.2, 0.25) is 0 Å². The molecule has 3 rings (SSSR count). The van der Waals surface area contributed by atoms with E-state index < -0.39 is 0 Å². The maximum absolute atomic E-state index is 11.8. The highest BCUT2D eigenvalue weighted by Gasteiger charge is 2.13. The van der Waals surface area contributed by atoms with Crippen LogP contribution < -0.4 is 10.9 Å². The molecule has 6 heteroatoms. The highest BCUT2D eigenvalue weighted by atomic mass is 16.1. The standard InChI is InChI=1S/C19H27N5O/c1-14(2)17-12-18(25)22-19(21-17)20-16-6-4-15(5-7-16)13-24-10-8-23(3)9-11-24/h4-7,12,14H,8-11,13H2,1-3H3,(H2,20,21,22,25). The third-order valence-corrected chi connectivity index (χ3v) is 4.57. The van der Waals surface area contributed by atoms with Crippen LogP contribution >= 0.6 is 0 Å². The molecule has 6 nitrogen and oxygen atoms in total. The third kappa shape index (κ3) is 4.90. The van der Waals surface area contributed by atoms with Crippen molar-refractivity contribution in [2.45, 2.75) is 26.3 Å². The van der Waals surface area contributed by atoms with E-state index in [-0.39, 0.29) is 11.5 Å². The molecule has 1 aliphatic heterocycles. The second kappa shape index (κ2) is 7.80. The molecule has 1 aliphatic rings. The fourth-order valence-corrected chi connectivity index (χ4v) is 2.93. The molecule has 1 saturated heterocycles. The molecular weight excluding hydrogens is 314 g/mol. The zero-order chi connectivity index (χ0) is 17.8. The number of benzene rings is 1. The Morgan fingerprint density at radius 2 is 1.84 bits per heavy atom. The van der Waals surface area contributed by atoms with Crippen molar-refractivity contribution in [2.24, 2.45) is 0 Å². The Bertz CT molecular complexity index is 745. The average molecular weight is 341 g/mol. The Hall–Kier alpha value is -2.18. The number of likely N-dealkylation sites (N-methyl/N-ethyl adjacent to an activating group) is 1. The molecular formula is C19H27N5O. The summed E-state index contributed by atoms with van der Waals surface area (Å²) in [4.78, 5) is 23.8. The van der Waals surface area contributed by atoms with Crippen LogP contribution in [0.15, 0.2) is 35.1 Å². The largest absolute Gasteiger partial charge is 0.326 e. The van der Waals surface area contributed by atoms with E-state index in [1.807, 2.05) is 26.0 Å². The normalized spacial score (nSPS) is 16.3. The lowest BCUT2D eigenvalue weighted by Gasteiger charge is -2.32. The van der Waals surface area contributed by atoms with Crippen molar-refractivity contribution in [3.8, 4) is 0 Å². The maximum atomic E-state index is 11.8. The maximum Gasteiger partial charge on any atom is 0.252 e. The van der Waals surface area contributed by atoms with Crippen LogP contribution in [0.4, 0.5) is 11.6 Å². The Kier molecular flexibility index (Phi) is 5.50. The Morgan fingerprint density at radius 3 is 2.48 bits per heavy atom. The summed E-state index contributed by atoms with van der Waals surface area (Å²) in [6, 6.07) is 9.88. The predicted molar refractivity (Wildman–Crippen MR) is 101 cm³/mol. The first-order valence-corrected chi connectivity index (χ1v) is 8.88. The van der Waals surface area contributed by atoms with Crippen LogP contribution in [0.5, 0.6) is 0 Å². The predicted octanol–water partition coefficient (Wildman–Crippen LogP) is 2.38. The van der Waals surface area contributed by atoms with E-state index in [9.17, 15) is 4.79 Å². The van der Waals surface area contributed by atoms with E-state index in [0.29, 0.717) is 5.95 Å². The lowest BCUT2D eigenvalue weighted by atomic mass is 10.1. The number of aromatic amines is 1. The van der Waals surface area contributed by atoms with Crippen LogP contribution in [-0.2, 0) is 6.54 Å². The molecule has 1 fully saturated rings. The van der Waals surface area contributed by atoms with Crippen molar-refractivity contribution in [1.82, 2.24) is 19.8 Å². The number of anilines is 2. The van der Waals surface area contributed by atoms with Crippen LogP contribution in [0.1, 0.15) is 31.0 Å². The summed E-state index contributed by atoms with van der Waals surface area (Å²) in [5, 5.41) is 3.19. The summed E-state index contributed by atoms with van der Waals surface area (Å²) in [6.07, 6.45) is 0. The number of nitrogens with one attached hydrogen (secondary N) is 2. The van der Waals surface area contributed by atoms with Gasteiger partial charge < -0.3 is 10.2 Å². The van der Waals surface area contributed by atoms with E-state index in [4.69, 9.17) is 0 Å². The van der Waals surface area contributed by atoms with Crippen molar-refractivity contribution in [3.05, 3.63) is 51.9 Å². The van der Waals surface area contributed by atoms with E-state index in [0.717, 1.165) is 44.1 Å². The molecule has 1 aromatic heterocycles. The van der Waals surface area contributed by atoms with E-state index in [1.165, 1.54) is 5.56 Å². The number of aromatic nitrogens is 2. The van der Waals surface area contributed by atoms with E-state index >= 15 is 0 Å². The molecule has 2 heterocycles.